The van der Waals surface area contributed by atoms with Gasteiger partial charge in [-0.1, -0.05) is 26.0 Å². The normalized spacial score (nSPS) is 11.3. The molecule has 0 aliphatic heterocycles. The van der Waals surface area contributed by atoms with Crippen molar-refractivity contribution in [2.75, 3.05) is 0 Å². The van der Waals surface area contributed by atoms with Gasteiger partial charge in [0.05, 0.1) is 17.4 Å². The zero-order valence-corrected chi connectivity index (χ0v) is 12.9. The molecule has 0 fully saturated rings. The van der Waals surface area contributed by atoms with E-state index in [1.165, 1.54) is 5.56 Å². The van der Waals surface area contributed by atoms with Crippen LogP contribution in [0.25, 0.3) is 11.0 Å². The lowest BCUT2D eigenvalue weighted by molar-refractivity contribution is 0.479. The molecule has 0 saturated heterocycles. The van der Waals surface area contributed by atoms with E-state index in [2.05, 4.69) is 37.9 Å². The van der Waals surface area contributed by atoms with Crippen molar-refractivity contribution in [2.45, 2.75) is 26.7 Å². The largest absolute Gasteiger partial charge is 0.457 e. The molecule has 0 unspecified atom stereocenters. The van der Waals surface area contributed by atoms with Crippen LogP contribution in [0.2, 0.25) is 0 Å². The van der Waals surface area contributed by atoms with Crippen molar-refractivity contribution >= 4 is 11.0 Å². The zero-order chi connectivity index (χ0) is 15.0. The Kier molecular flexibility index (Phi) is 3.42. The zero-order valence-electron chi connectivity index (χ0n) is 12.9. The Labute approximate surface area is 125 Å². The summed E-state index contributed by atoms with van der Waals surface area (Å²) in [5.41, 5.74) is 4.54. The third kappa shape index (κ3) is 2.64. The number of ether oxygens (including phenoxy) is 1. The Morgan fingerprint density at radius 3 is 2.62 bits per heavy atom. The molecule has 0 aliphatic rings. The molecule has 0 radical (unpaired) electrons. The monoisotopic (exact) mass is 280 g/mol. The second-order valence-electron chi connectivity index (χ2n) is 5.79. The van der Waals surface area contributed by atoms with Crippen LogP contribution in [0.15, 0.2) is 42.7 Å². The fourth-order valence-corrected chi connectivity index (χ4v) is 2.45. The van der Waals surface area contributed by atoms with Gasteiger partial charge in [0.1, 0.15) is 11.5 Å². The SMILES string of the molecule is Cc1cc(C(C)C)ccc1Oc1ccc2c(c1)ncn2C. The molecule has 0 bridgehead atoms. The summed E-state index contributed by atoms with van der Waals surface area (Å²) in [7, 11) is 1.99. The van der Waals surface area contributed by atoms with E-state index in [1.54, 1.807) is 0 Å². The standard InChI is InChI=1S/C18H20N2O/c1-12(2)14-5-8-18(13(3)9-14)21-15-6-7-17-16(10-15)19-11-20(17)4/h5-12H,1-4H3. The van der Waals surface area contributed by atoms with Crippen LogP contribution >= 0.6 is 0 Å². The van der Waals surface area contributed by atoms with Gasteiger partial charge in [-0.2, -0.15) is 0 Å². The highest BCUT2D eigenvalue weighted by molar-refractivity contribution is 5.77. The van der Waals surface area contributed by atoms with E-state index < -0.39 is 0 Å². The van der Waals surface area contributed by atoms with Crippen molar-refractivity contribution in [1.82, 2.24) is 9.55 Å². The third-order valence-electron chi connectivity index (χ3n) is 3.79. The Morgan fingerprint density at radius 1 is 1.10 bits per heavy atom. The van der Waals surface area contributed by atoms with Gasteiger partial charge in [0.15, 0.2) is 0 Å². The number of aryl methyl sites for hydroxylation is 2. The smallest absolute Gasteiger partial charge is 0.130 e. The Hall–Kier alpha value is -2.29. The molecule has 3 nitrogen and oxygen atoms in total. The van der Waals surface area contributed by atoms with E-state index in [0.717, 1.165) is 28.1 Å². The van der Waals surface area contributed by atoms with Crippen LogP contribution in [-0.2, 0) is 7.05 Å². The number of nitrogens with zero attached hydrogens (tertiary/aromatic N) is 2. The maximum Gasteiger partial charge on any atom is 0.130 e. The van der Waals surface area contributed by atoms with Crippen LogP contribution < -0.4 is 4.74 Å². The molecule has 0 spiro atoms. The summed E-state index contributed by atoms with van der Waals surface area (Å²) in [6, 6.07) is 12.4. The lowest BCUT2D eigenvalue weighted by Gasteiger charge is -2.12. The van der Waals surface area contributed by atoms with E-state index in [-0.39, 0.29) is 0 Å². The topological polar surface area (TPSA) is 27.1 Å². The third-order valence-corrected chi connectivity index (χ3v) is 3.79. The minimum Gasteiger partial charge on any atom is -0.457 e. The lowest BCUT2D eigenvalue weighted by atomic mass is 10.0. The van der Waals surface area contributed by atoms with Crippen LogP contribution in [0.3, 0.4) is 0 Å². The summed E-state index contributed by atoms with van der Waals surface area (Å²) in [4.78, 5) is 4.36. The van der Waals surface area contributed by atoms with Crippen molar-refractivity contribution in [1.29, 1.82) is 0 Å². The van der Waals surface area contributed by atoms with E-state index in [4.69, 9.17) is 4.74 Å². The van der Waals surface area contributed by atoms with Gasteiger partial charge in [-0.05, 0) is 42.2 Å². The van der Waals surface area contributed by atoms with Crippen LogP contribution in [0, 0.1) is 6.92 Å². The summed E-state index contributed by atoms with van der Waals surface area (Å²) in [5.74, 6) is 2.25. The fraction of sp³-hybridized carbons (Fsp3) is 0.278. The number of aromatic nitrogens is 2. The first-order chi connectivity index (χ1) is 10.0. The predicted molar refractivity (Wildman–Crippen MR) is 86.1 cm³/mol. The predicted octanol–water partition coefficient (Wildman–Crippen LogP) is 4.80. The first-order valence-electron chi connectivity index (χ1n) is 7.24. The molecule has 0 amide bonds. The Morgan fingerprint density at radius 2 is 1.90 bits per heavy atom. The summed E-state index contributed by atoms with van der Waals surface area (Å²) in [5, 5.41) is 0. The second-order valence-corrected chi connectivity index (χ2v) is 5.79. The van der Waals surface area contributed by atoms with Gasteiger partial charge in [-0.25, -0.2) is 4.98 Å². The maximum atomic E-state index is 6.01. The van der Waals surface area contributed by atoms with Crippen LogP contribution in [0.5, 0.6) is 11.5 Å². The molecule has 0 atom stereocenters. The van der Waals surface area contributed by atoms with E-state index in [9.17, 15) is 0 Å². The highest BCUT2D eigenvalue weighted by atomic mass is 16.5. The second kappa shape index (κ2) is 5.24. The molecule has 1 aromatic heterocycles. The summed E-state index contributed by atoms with van der Waals surface area (Å²) >= 11 is 0. The molecule has 108 valence electrons. The summed E-state index contributed by atoms with van der Waals surface area (Å²) < 4.78 is 8.01. The summed E-state index contributed by atoms with van der Waals surface area (Å²) in [6.07, 6.45) is 1.82. The van der Waals surface area contributed by atoms with Crippen LogP contribution in [0.4, 0.5) is 0 Å². The molecule has 3 aromatic rings. The van der Waals surface area contributed by atoms with E-state index >= 15 is 0 Å². The van der Waals surface area contributed by atoms with Crippen molar-refractivity contribution in [3.63, 3.8) is 0 Å². The maximum absolute atomic E-state index is 6.01. The Balaban J connectivity index is 1.91. The minimum atomic E-state index is 0.530. The highest BCUT2D eigenvalue weighted by Gasteiger charge is 2.07. The molecule has 0 N–H and O–H groups in total. The Bertz CT molecular complexity index is 787. The van der Waals surface area contributed by atoms with Crippen molar-refractivity contribution in [3.8, 4) is 11.5 Å². The molecule has 0 saturated carbocycles. The summed E-state index contributed by atoms with van der Waals surface area (Å²) in [6.45, 7) is 6.48. The molecular formula is C18H20N2O. The number of rotatable bonds is 3. The van der Waals surface area contributed by atoms with Crippen molar-refractivity contribution in [2.24, 2.45) is 7.05 Å². The van der Waals surface area contributed by atoms with Crippen molar-refractivity contribution < 1.29 is 4.74 Å². The first kappa shape index (κ1) is 13.7. The molecule has 21 heavy (non-hydrogen) atoms. The quantitative estimate of drug-likeness (QED) is 0.689. The molecule has 3 heteroatoms. The molecule has 3 rings (SSSR count). The van der Waals surface area contributed by atoms with Gasteiger partial charge in [-0.3, -0.25) is 0 Å². The van der Waals surface area contributed by atoms with Gasteiger partial charge in [0.25, 0.3) is 0 Å². The lowest BCUT2D eigenvalue weighted by Crippen LogP contribution is -1.92. The number of hydrogen-bond acceptors (Lipinski definition) is 2. The molecular weight excluding hydrogens is 260 g/mol. The number of imidazole rings is 1. The van der Waals surface area contributed by atoms with E-state index in [0.29, 0.717) is 5.92 Å². The van der Waals surface area contributed by atoms with Gasteiger partial charge in [0, 0.05) is 13.1 Å². The van der Waals surface area contributed by atoms with Gasteiger partial charge in [0.2, 0.25) is 0 Å². The van der Waals surface area contributed by atoms with Crippen LogP contribution in [0.1, 0.15) is 30.9 Å². The first-order valence-corrected chi connectivity index (χ1v) is 7.24. The van der Waals surface area contributed by atoms with Gasteiger partial charge in [-0.15, -0.1) is 0 Å². The fourth-order valence-electron chi connectivity index (χ4n) is 2.45. The van der Waals surface area contributed by atoms with E-state index in [1.807, 2.05) is 42.2 Å². The van der Waals surface area contributed by atoms with Crippen LogP contribution in [-0.4, -0.2) is 9.55 Å². The average Bonchev–Trinajstić information content (AvgIpc) is 2.82. The average molecular weight is 280 g/mol. The number of fused-ring (bicyclic) bond motifs is 1. The minimum absolute atomic E-state index is 0.530. The number of hydrogen-bond donors (Lipinski definition) is 0. The van der Waals surface area contributed by atoms with Crippen molar-refractivity contribution in [3.05, 3.63) is 53.9 Å². The highest BCUT2D eigenvalue weighted by Crippen LogP contribution is 2.29. The molecule has 1 heterocycles. The molecule has 2 aromatic carbocycles. The van der Waals surface area contributed by atoms with Gasteiger partial charge < -0.3 is 9.30 Å². The van der Waals surface area contributed by atoms with Gasteiger partial charge >= 0.3 is 0 Å². The molecule has 0 aliphatic carbocycles. The number of benzene rings is 2.